The first kappa shape index (κ1) is 16.9. The molecule has 0 atom stereocenters. The van der Waals surface area contributed by atoms with E-state index in [0.29, 0.717) is 12.8 Å². The zero-order valence-electron chi connectivity index (χ0n) is 12.7. The molecule has 0 aliphatic carbocycles. The van der Waals surface area contributed by atoms with Gasteiger partial charge in [0.15, 0.2) is 0 Å². The van der Waals surface area contributed by atoms with Crippen LogP contribution in [0, 0.1) is 0 Å². The SMILES string of the molecule is CCS(=O)(=O)NCCNC(=O)C1(n2cccn2)CCNCC1. The van der Waals surface area contributed by atoms with Crippen LogP contribution in [0.3, 0.4) is 0 Å². The van der Waals surface area contributed by atoms with E-state index < -0.39 is 15.6 Å². The van der Waals surface area contributed by atoms with Crippen molar-refractivity contribution in [1.82, 2.24) is 25.1 Å². The summed E-state index contributed by atoms with van der Waals surface area (Å²) < 4.78 is 26.8. The van der Waals surface area contributed by atoms with Crippen molar-refractivity contribution >= 4 is 15.9 Å². The van der Waals surface area contributed by atoms with E-state index in [1.807, 2.05) is 0 Å². The summed E-state index contributed by atoms with van der Waals surface area (Å²) in [5.74, 6) is -0.0856. The van der Waals surface area contributed by atoms with Crippen LogP contribution in [0.2, 0.25) is 0 Å². The summed E-state index contributed by atoms with van der Waals surface area (Å²) in [6.07, 6.45) is 4.76. The molecule has 1 aliphatic heterocycles. The van der Waals surface area contributed by atoms with Crippen LogP contribution in [-0.4, -0.2) is 56.0 Å². The lowest BCUT2D eigenvalue weighted by atomic mass is 9.87. The Kier molecular flexibility index (Phi) is 5.54. The molecule has 0 radical (unpaired) electrons. The number of nitrogens with one attached hydrogen (secondary N) is 3. The molecule has 0 unspecified atom stereocenters. The Morgan fingerprint density at radius 2 is 2.09 bits per heavy atom. The van der Waals surface area contributed by atoms with Gasteiger partial charge in [-0.25, -0.2) is 13.1 Å². The second-order valence-electron chi connectivity index (χ2n) is 5.29. The van der Waals surface area contributed by atoms with Gasteiger partial charge in [0.2, 0.25) is 15.9 Å². The molecule has 3 N–H and O–H groups in total. The zero-order chi connectivity index (χ0) is 16.1. The molecule has 0 aromatic carbocycles. The molecule has 0 saturated carbocycles. The predicted octanol–water partition coefficient (Wildman–Crippen LogP) is -0.983. The van der Waals surface area contributed by atoms with Crippen molar-refractivity contribution in [3.05, 3.63) is 18.5 Å². The Labute approximate surface area is 130 Å². The van der Waals surface area contributed by atoms with Crippen LogP contribution >= 0.6 is 0 Å². The minimum absolute atomic E-state index is 0.0316. The molecule has 9 heteroatoms. The first-order valence-electron chi connectivity index (χ1n) is 7.47. The van der Waals surface area contributed by atoms with Crippen LogP contribution in [0.1, 0.15) is 19.8 Å². The van der Waals surface area contributed by atoms with Crippen LogP contribution in [-0.2, 0) is 20.4 Å². The third-order valence-corrected chi connectivity index (χ3v) is 5.31. The van der Waals surface area contributed by atoms with Crippen molar-refractivity contribution in [3.8, 4) is 0 Å². The maximum absolute atomic E-state index is 12.6. The number of aromatic nitrogens is 2. The maximum atomic E-state index is 12.6. The minimum Gasteiger partial charge on any atom is -0.353 e. The van der Waals surface area contributed by atoms with Gasteiger partial charge in [0, 0.05) is 25.5 Å². The third kappa shape index (κ3) is 3.84. The summed E-state index contributed by atoms with van der Waals surface area (Å²) in [4.78, 5) is 12.6. The fraction of sp³-hybridized carbons (Fsp3) is 0.692. The number of hydrogen-bond donors (Lipinski definition) is 3. The van der Waals surface area contributed by atoms with Crippen molar-refractivity contribution < 1.29 is 13.2 Å². The molecule has 1 aromatic heterocycles. The van der Waals surface area contributed by atoms with E-state index in [2.05, 4.69) is 20.5 Å². The Hall–Kier alpha value is -1.45. The van der Waals surface area contributed by atoms with Crippen molar-refractivity contribution in [2.45, 2.75) is 25.3 Å². The Morgan fingerprint density at radius 1 is 1.36 bits per heavy atom. The van der Waals surface area contributed by atoms with E-state index in [9.17, 15) is 13.2 Å². The molecule has 2 heterocycles. The number of carbonyl (C=O) groups excluding carboxylic acids is 1. The number of carbonyl (C=O) groups is 1. The highest BCUT2D eigenvalue weighted by molar-refractivity contribution is 7.89. The van der Waals surface area contributed by atoms with E-state index in [4.69, 9.17) is 0 Å². The van der Waals surface area contributed by atoms with Gasteiger partial charge in [0.1, 0.15) is 5.54 Å². The van der Waals surface area contributed by atoms with Gasteiger partial charge < -0.3 is 10.6 Å². The average Bonchev–Trinajstić information content (AvgIpc) is 3.07. The molecule has 1 saturated heterocycles. The molecule has 1 fully saturated rings. The lowest BCUT2D eigenvalue weighted by Gasteiger charge is -2.36. The normalized spacial score (nSPS) is 18.0. The largest absolute Gasteiger partial charge is 0.353 e. The highest BCUT2D eigenvalue weighted by Gasteiger charge is 2.41. The average molecular weight is 329 g/mol. The summed E-state index contributed by atoms with van der Waals surface area (Å²) in [6.45, 7) is 3.51. The van der Waals surface area contributed by atoms with Gasteiger partial charge in [-0.1, -0.05) is 0 Å². The predicted molar refractivity (Wildman–Crippen MR) is 82.8 cm³/mol. The molecule has 22 heavy (non-hydrogen) atoms. The van der Waals surface area contributed by atoms with Gasteiger partial charge >= 0.3 is 0 Å². The van der Waals surface area contributed by atoms with Gasteiger partial charge in [-0.3, -0.25) is 9.48 Å². The quantitative estimate of drug-likeness (QED) is 0.558. The molecular formula is C13H23N5O3S. The fourth-order valence-corrected chi connectivity index (χ4v) is 3.19. The molecule has 8 nitrogen and oxygen atoms in total. The summed E-state index contributed by atoms with van der Waals surface area (Å²) in [7, 11) is -3.23. The van der Waals surface area contributed by atoms with Crippen LogP contribution in [0.5, 0.6) is 0 Å². The molecule has 0 spiro atoms. The van der Waals surface area contributed by atoms with E-state index in [1.54, 1.807) is 30.1 Å². The van der Waals surface area contributed by atoms with Gasteiger partial charge in [-0.05, 0) is 38.9 Å². The second-order valence-corrected chi connectivity index (χ2v) is 7.38. The molecule has 2 rings (SSSR count). The minimum atomic E-state index is -3.23. The molecule has 124 valence electrons. The van der Waals surface area contributed by atoms with E-state index in [-0.39, 0.29) is 24.7 Å². The van der Waals surface area contributed by atoms with Crippen molar-refractivity contribution in [1.29, 1.82) is 0 Å². The zero-order valence-corrected chi connectivity index (χ0v) is 13.5. The molecule has 0 bridgehead atoms. The van der Waals surface area contributed by atoms with Crippen LogP contribution < -0.4 is 15.4 Å². The topological polar surface area (TPSA) is 105 Å². The number of amides is 1. The number of nitrogens with zero attached hydrogens (tertiary/aromatic N) is 2. The van der Waals surface area contributed by atoms with Gasteiger partial charge in [-0.2, -0.15) is 5.10 Å². The number of hydrogen-bond acceptors (Lipinski definition) is 5. The first-order chi connectivity index (χ1) is 10.5. The first-order valence-corrected chi connectivity index (χ1v) is 9.12. The van der Waals surface area contributed by atoms with E-state index >= 15 is 0 Å². The summed E-state index contributed by atoms with van der Waals surface area (Å²) in [5.41, 5.74) is -0.696. The van der Waals surface area contributed by atoms with Crippen LogP contribution in [0.4, 0.5) is 0 Å². The Bertz CT molecular complexity index is 579. The maximum Gasteiger partial charge on any atom is 0.248 e. The van der Waals surface area contributed by atoms with Gasteiger partial charge in [0.25, 0.3) is 0 Å². The van der Waals surface area contributed by atoms with E-state index in [1.165, 1.54) is 0 Å². The molecule has 1 aliphatic rings. The van der Waals surface area contributed by atoms with Crippen molar-refractivity contribution in [2.24, 2.45) is 0 Å². The highest BCUT2D eigenvalue weighted by Crippen LogP contribution is 2.26. The lowest BCUT2D eigenvalue weighted by Crippen LogP contribution is -2.55. The van der Waals surface area contributed by atoms with Crippen molar-refractivity contribution in [3.63, 3.8) is 0 Å². The molecule has 1 amide bonds. The summed E-state index contributed by atoms with van der Waals surface area (Å²) >= 11 is 0. The Morgan fingerprint density at radius 3 is 2.68 bits per heavy atom. The van der Waals surface area contributed by atoms with Crippen LogP contribution in [0.15, 0.2) is 18.5 Å². The van der Waals surface area contributed by atoms with Gasteiger partial charge in [0.05, 0.1) is 5.75 Å². The number of sulfonamides is 1. The lowest BCUT2D eigenvalue weighted by molar-refractivity contribution is -0.131. The highest BCUT2D eigenvalue weighted by atomic mass is 32.2. The summed E-state index contributed by atoms with van der Waals surface area (Å²) in [6, 6.07) is 1.80. The van der Waals surface area contributed by atoms with Gasteiger partial charge in [-0.15, -0.1) is 0 Å². The second kappa shape index (κ2) is 7.21. The third-order valence-electron chi connectivity index (χ3n) is 3.91. The fourth-order valence-electron chi connectivity index (χ4n) is 2.57. The van der Waals surface area contributed by atoms with Crippen molar-refractivity contribution in [2.75, 3.05) is 31.9 Å². The Balaban J connectivity index is 1.96. The molecular weight excluding hydrogens is 306 g/mol. The van der Waals surface area contributed by atoms with E-state index in [0.717, 1.165) is 13.1 Å². The monoisotopic (exact) mass is 329 g/mol. The standard InChI is InChI=1S/C13H23N5O3S/c1-2-22(20,21)17-10-9-15-12(19)13(4-7-14-8-5-13)18-11-3-6-16-18/h3,6,11,14,17H,2,4-5,7-10H2,1H3,(H,15,19). The smallest absolute Gasteiger partial charge is 0.248 e. The number of piperidine rings is 1. The molecule has 1 aromatic rings. The summed E-state index contributed by atoms with van der Waals surface area (Å²) in [5, 5.41) is 10.3. The number of rotatable bonds is 7. The van der Waals surface area contributed by atoms with Crippen LogP contribution in [0.25, 0.3) is 0 Å².